The number of hydrogen-bond donors (Lipinski definition) is 2. The molecular weight excluding hydrogens is 112 g/mol. The fourth-order valence-electron chi connectivity index (χ4n) is 0.542. The van der Waals surface area contributed by atoms with Crippen molar-refractivity contribution >= 4 is 0 Å². The lowest BCUT2D eigenvalue weighted by atomic mass is 10.3. The second kappa shape index (κ2) is 4.39. The van der Waals surface area contributed by atoms with E-state index in [0.29, 0.717) is 6.04 Å². The molecule has 0 aromatic carbocycles. The molecule has 0 fully saturated rings. The first kappa shape index (κ1) is 8.50. The van der Waals surface area contributed by atoms with Crippen LogP contribution < -0.4 is 10.6 Å². The van der Waals surface area contributed by atoms with Gasteiger partial charge in [-0.15, -0.1) is 0 Å². The van der Waals surface area contributed by atoms with E-state index in [-0.39, 0.29) is 0 Å². The molecule has 0 aliphatic heterocycles. The predicted octanol–water partition coefficient (Wildman–Crippen LogP) is 0.717. The van der Waals surface area contributed by atoms with Crippen LogP contribution in [0.2, 0.25) is 0 Å². The first-order chi connectivity index (χ1) is 4.20. The zero-order valence-corrected chi connectivity index (χ0v) is 6.65. The minimum absolute atomic E-state index is 0.456. The molecule has 0 spiro atoms. The van der Waals surface area contributed by atoms with Crippen LogP contribution in [0.4, 0.5) is 0 Å². The summed E-state index contributed by atoms with van der Waals surface area (Å²) < 4.78 is 0. The second-order valence-corrected chi connectivity index (χ2v) is 2.18. The zero-order chi connectivity index (χ0) is 7.28. The molecule has 0 aromatic rings. The summed E-state index contributed by atoms with van der Waals surface area (Å²) >= 11 is 0. The van der Waals surface area contributed by atoms with E-state index < -0.39 is 0 Å². The third kappa shape index (κ3) is 4.03. The normalized spacial score (nSPS) is 15.3. The van der Waals surface area contributed by atoms with Gasteiger partial charge >= 0.3 is 0 Å². The molecule has 1 unspecified atom stereocenters. The van der Waals surface area contributed by atoms with Gasteiger partial charge in [-0.05, 0) is 27.0 Å². The average Bonchev–Trinajstić information content (AvgIpc) is 1.87. The van der Waals surface area contributed by atoms with E-state index in [1.54, 1.807) is 0 Å². The van der Waals surface area contributed by atoms with E-state index in [4.69, 9.17) is 0 Å². The predicted molar refractivity (Wildman–Crippen MR) is 41.3 cm³/mol. The lowest BCUT2D eigenvalue weighted by molar-refractivity contribution is 0.717. The van der Waals surface area contributed by atoms with Crippen molar-refractivity contribution in [3.05, 3.63) is 11.8 Å². The molecule has 0 radical (unpaired) electrons. The smallest absolute Gasteiger partial charge is 0.0238 e. The third-order valence-electron chi connectivity index (χ3n) is 1.35. The lowest BCUT2D eigenvalue weighted by Gasteiger charge is -2.05. The van der Waals surface area contributed by atoms with E-state index in [0.717, 1.165) is 0 Å². The van der Waals surface area contributed by atoms with E-state index in [1.165, 1.54) is 5.70 Å². The molecule has 0 bridgehead atoms. The number of rotatable bonds is 3. The van der Waals surface area contributed by atoms with Gasteiger partial charge in [-0.1, -0.05) is 0 Å². The van der Waals surface area contributed by atoms with E-state index in [1.807, 2.05) is 21.0 Å². The average molecular weight is 128 g/mol. The summed E-state index contributed by atoms with van der Waals surface area (Å²) in [4.78, 5) is 0. The molecule has 9 heavy (non-hydrogen) atoms. The minimum Gasteiger partial charge on any atom is -0.392 e. The molecule has 0 saturated carbocycles. The van der Waals surface area contributed by atoms with Crippen LogP contribution in [0.5, 0.6) is 0 Å². The van der Waals surface area contributed by atoms with Crippen LogP contribution in [0.3, 0.4) is 0 Å². The Morgan fingerprint density at radius 2 is 2.00 bits per heavy atom. The Labute approximate surface area is 57.3 Å². The highest BCUT2D eigenvalue weighted by Gasteiger charge is 1.90. The van der Waals surface area contributed by atoms with Gasteiger partial charge in [-0.2, -0.15) is 0 Å². The highest BCUT2D eigenvalue weighted by atomic mass is 14.9. The van der Waals surface area contributed by atoms with Gasteiger partial charge in [-0.25, -0.2) is 0 Å². The van der Waals surface area contributed by atoms with Crippen molar-refractivity contribution in [1.29, 1.82) is 0 Å². The molecule has 0 aliphatic rings. The van der Waals surface area contributed by atoms with Crippen LogP contribution in [-0.2, 0) is 0 Å². The van der Waals surface area contributed by atoms with Gasteiger partial charge in [0.05, 0.1) is 0 Å². The highest BCUT2D eigenvalue weighted by molar-refractivity contribution is 4.99. The summed E-state index contributed by atoms with van der Waals surface area (Å²) in [6, 6.07) is 0.456. The maximum Gasteiger partial charge on any atom is 0.0238 e. The fourth-order valence-corrected chi connectivity index (χ4v) is 0.542. The van der Waals surface area contributed by atoms with Crippen molar-refractivity contribution in [2.75, 3.05) is 14.1 Å². The van der Waals surface area contributed by atoms with Crippen molar-refractivity contribution in [3.8, 4) is 0 Å². The van der Waals surface area contributed by atoms with Gasteiger partial charge in [0, 0.05) is 18.8 Å². The Hall–Kier alpha value is -0.500. The molecule has 0 rings (SSSR count). The van der Waals surface area contributed by atoms with Crippen molar-refractivity contribution in [2.45, 2.75) is 19.9 Å². The number of likely N-dealkylation sites (N-methyl/N-ethyl adjacent to an activating group) is 1. The number of allylic oxidation sites excluding steroid dienone is 1. The Balaban J connectivity index is 3.64. The Bertz CT molecular complexity index is 97.1. The van der Waals surface area contributed by atoms with Gasteiger partial charge in [0.2, 0.25) is 0 Å². The maximum atomic E-state index is 3.11. The van der Waals surface area contributed by atoms with Gasteiger partial charge in [-0.3, -0.25) is 0 Å². The second-order valence-electron chi connectivity index (χ2n) is 2.18. The minimum atomic E-state index is 0.456. The van der Waals surface area contributed by atoms with Crippen LogP contribution in [0, 0.1) is 0 Å². The first-order valence-electron chi connectivity index (χ1n) is 3.24. The Morgan fingerprint density at radius 3 is 2.33 bits per heavy atom. The molecule has 0 amide bonds. The molecule has 1 atom stereocenters. The maximum absolute atomic E-state index is 3.11. The van der Waals surface area contributed by atoms with E-state index in [2.05, 4.69) is 23.6 Å². The third-order valence-corrected chi connectivity index (χ3v) is 1.35. The van der Waals surface area contributed by atoms with Crippen LogP contribution in [-0.4, -0.2) is 20.1 Å². The summed E-state index contributed by atoms with van der Waals surface area (Å²) in [5.41, 5.74) is 1.21. The molecule has 54 valence electrons. The Kier molecular flexibility index (Phi) is 4.14. The highest BCUT2D eigenvalue weighted by Crippen LogP contribution is 1.88. The van der Waals surface area contributed by atoms with Gasteiger partial charge in [0.15, 0.2) is 0 Å². The largest absolute Gasteiger partial charge is 0.392 e. The molecule has 0 saturated heterocycles. The summed E-state index contributed by atoms with van der Waals surface area (Å²) in [7, 11) is 3.87. The molecule has 0 heterocycles. The SMILES string of the molecule is CNC(C)=CC(C)NC. The van der Waals surface area contributed by atoms with E-state index in [9.17, 15) is 0 Å². The summed E-state index contributed by atoms with van der Waals surface area (Å²) in [5.74, 6) is 0. The van der Waals surface area contributed by atoms with Gasteiger partial charge < -0.3 is 10.6 Å². The van der Waals surface area contributed by atoms with Crippen LogP contribution in [0.15, 0.2) is 11.8 Å². The molecule has 0 aromatic heterocycles. The van der Waals surface area contributed by atoms with Crippen molar-refractivity contribution in [3.63, 3.8) is 0 Å². The summed E-state index contributed by atoms with van der Waals surface area (Å²) in [6.07, 6.45) is 2.14. The van der Waals surface area contributed by atoms with Gasteiger partial charge in [0.25, 0.3) is 0 Å². The van der Waals surface area contributed by atoms with Crippen molar-refractivity contribution < 1.29 is 0 Å². The first-order valence-corrected chi connectivity index (χ1v) is 3.24. The fraction of sp³-hybridized carbons (Fsp3) is 0.714. The molecule has 2 nitrogen and oxygen atoms in total. The topological polar surface area (TPSA) is 24.1 Å². The molecular formula is C7H16N2. The van der Waals surface area contributed by atoms with Crippen LogP contribution in [0.25, 0.3) is 0 Å². The number of hydrogen-bond acceptors (Lipinski definition) is 2. The van der Waals surface area contributed by atoms with Crippen molar-refractivity contribution in [1.82, 2.24) is 10.6 Å². The number of nitrogens with one attached hydrogen (secondary N) is 2. The lowest BCUT2D eigenvalue weighted by Crippen LogP contribution is -2.20. The zero-order valence-electron chi connectivity index (χ0n) is 6.65. The summed E-state index contributed by atoms with van der Waals surface area (Å²) in [6.45, 7) is 4.16. The van der Waals surface area contributed by atoms with E-state index >= 15 is 0 Å². The van der Waals surface area contributed by atoms with Crippen LogP contribution in [0.1, 0.15) is 13.8 Å². The Morgan fingerprint density at radius 1 is 1.44 bits per heavy atom. The monoisotopic (exact) mass is 128 g/mol. The van der Waals surface area contributed by atoms with Crippen molar-refractivity contribution in [2.24, 2.45) is 0 Å². The molecule has 0 aliphatic carbocycles. The molecule has 2 heteroatoms. The quantitative estimate of drug-likeness (QED) is 0.585. The standard InChI is InChI=1S/C7H16N2/c1-6(8-3)5-7(2)9-4/h5-6,8-9H,1-4H3. The summed E-state index contributed by atoms with van der Waals surface area (Å²) in [5, 5.41) is 6.16. The van der Waals surface area contributed by atoms with Crippen LogP contribution >= 0.6 is 0 Å². The van der Waals surface area contributed by atoms with Gasteiger partial charge in [0.1, 0.15) is 0 Å². The molecule has 2 N–H and O–H groups in total.